The van der Waals surface area contributed by atoms with Crippen LogP contribution in [0.2, 0.25) is 0 Å². The maximum atomic E-state index is 13.8. The van der Waals surface area contributed by atoms with E-state index in [1.807, 2.05) is 6.92 Å². The second-order valence-corrected chi connectivity index (χ2v) is 7.15. The van der Waals surface area contributed by atoms with Gasteiger partial charge in [-0.3, -0.25) is 29.4 Å². The maximum Gasteiger partial charge on any atom is 0.334 e. The first-order valence-corrected chi connectivity index (χ1v) is 9.13. The number of hydrogen-bond acceptors (Lipinski definition) is 6. The molecule has 1 aliphatic heterocycles. The molecule has 154 valence electrons. The Balaban J connectivity index is 1.73. The Morgan fingerprint density at radius 3 is 2.59 bits per heavy atom. The molecule has 2 atom stereocenters. The van der Waals surface area contributed by atoms with E-state index < -0.39 is 58.5 Å². The fraction of sp³-hybridized carbons (Fsp3) is 0.444. The average Bonchev–Trinajstić information content (AvgIpc) is 2.87. The average molecular weight is 406 g/mol. The van der Waals surface area contributed by atoms with E-state index in [4.69, 9.17) is 0 Å². The molecule has 0 bridgehead atoms. The van der Waals surface area contributed by atoms with Gasteiger partial charge < -0.3 is 5.32 Å². The molecule has 0 spiro atoms. The molecule has 1 aliphatic carbocycles. The van der Waals surface area contributed by atoms with Crippen LogP contribution < -0.4 is 5.32 Å². The molecule has 5 amide bonds. The van der Waals surface area contributed by atoms with Crippen LogP contribution in [0.4, 0.5) is 20.6 Å². The van der Waals surface area contributed by atoms with Crippen molar-refractivity contribution in [3.8, 4) is 0 Å². The van der Waals surface area contributed by atoms with Gasteiger partial charge in [0, 0.05) is 18.2 Å². The molecule has 1 saturated carbocycles. The van der Waals surface area contributed by atoms with E-state index >= 15 is 0 Å². The van der Waals surface area contributed by atoms with Crippen LogP contribution in [-0.2, 0) is 14.4 Å². The summed E-state index contributed by atoms with van der Waals surface area (Å²) in [5, 5.41) is 12.9. The fourth-order valence-electron chi connectivity index (χ4n) is 3.69. The van der Waals surface area contributed by atoms with Crippen molar-refractivity contribution >= 4 is 35.1 Å². The summed E-state index contributed by atoms with van der Waals surface area (Å²) in [5.41, 5.74) is -0.907. The highest BCUT2D eigenvalue weighted by Gasteiger charge is 2.49. The number of hydrogen-bond donors (Lipinski definition) is 1. The van der Waals surface area contributed by atoms with Crippen molar-refractivity contribution in [2.45, 2.75) is 38.6 Å². The number of imide groups is 2. The van der Waals surface area contributed by atoms with Crippen molar-refractivity contribution in [1.29, 1.82) is 0 Å². The third-order valence-electron chi connectivity index (χ3n) is 5.22. The third kappa shape index (κ3) is 3.93. The summed E-state index contributed by atoms with van der Waals surface area (Å²) in [6, 6.07) is 1.28. The van der Waals surface area contributed by atoms with Crippen molar-refractivity contribution in [2.24, 2.45) is 5.92 Å². The number of nitrogens with one attached hydrogen (secondary N) is 1. The third-order valence-corrected chi connectivity index (χ3v) is 5.22. The minimum Gasteiger partial charge on any atom is -0.322 e. The van der Waals surface area contributed by atoms with Gasteiger partial charge in [0.05, 0.1) is 10.6 Å². The highest BCUT2D eigenvalue weighted by atomic mass is 19.1. The Hall–Kier alpha value is -3.37. The second-order valence-electron chi connectivity index (χ2n) is 7.15. The van der Waals surface area contributed by atoms with Crippen molar-refractivity contribution in [3.05, 3.63) is 34.1 Å². The predicted molar refractivity (Wildman–Crippen MR) is 97.1 cm³/mol. The fourth-order valence-corrected chi connectivity index (χ4v) is 3.69. The summed E-state index contributed by atoms with van der Waals surface area (Å²) >= 11 is 0. The lowest BCUT2D eigenvalue weighted by atomic mass is 9.85. The van der Waals surface area contributed by atoms with Gasteiger partial charge in [-0.05, 0) is 24.8 Å². The van der Waals surface area contributed by atoms with E-state index in [1.165, 1.54) is 0 Å². The van der Waals surface area contributed by atoms with Crippen LogP contribution in [0.25, 0.3) is 0 Å². The van der Waals surface area contributed by atoms with Crippen molar-refractivity contribution in [2.75, 3.05) is 11.9 Å². The summed E-state index contributed by atoms with van der Waals surface area (Å²) < 4.78 is 13.8. The molecule has 1 aromatic rings. The lowest BCUT2D eigenvalue weighted by Gasteiger charge is -2.34. The Morgan fingerprint density at radius 1 is 1.24 bits per heavy atom. The minimum atomic E-state index is -1.12. The van der Waals surface area contributed by atoms with E-state index in [9.17, 15) is 33.7 Å². The SMILES string of the molecule is C[C@@H]1CCCC[C@H]1N1C(=O)C(=O)N(CC(=O)Nc2cc([N+](=O)[O-])ccc2F)C1=O. The Morgan fingerprint density at radius 2 is 1.93 bits per heavy atom. The van der Waals surface area contributed by atoms with Crippen LogP contribution in [0.5, 0.6) is 0 Å². The number of nitro benzene ring substituents is 1. The molecule has 1 saturated heterocycles. The largest absolute Gasteiger partial charge is 0.334 e. The zero-order valence-electron chi connectivity index (χ0n) is 15.6. The van der Waals surface area contributed by atoms with Gasteiger partial charge in [-0.25, -0.2) is 14.1 Å². The first-order valence-electron chi connectivity index (χ1n) is 9.13. The molecule has 10 nitrogen and oxygen atoms in total. The van der Waals surface area contributed by atoms with E-state index in [-0.39, 0.29) is 5.92 Å². The van der Waals surface area contributed by atoms with Gasteiger partial charge in [-0.1, -0.05) is 19.8 Å². The smallest absolute Gasteiger partial charge is 0.322 e. The zero-order chi connectivity index (χ0) is 21.3. The Bertz CT molecular complexity index is 904. The van der Waals surface area contributed by atoms with Gasteiger partial charge in [0.2, 0.25) is 5.91 Å². The van der Waals surface area contributed by atoms with Gasteiger partial charge in [0.15, 0.2) is 0 Å². The molecule has 2 fully saturated rings. The highest BCUT2D eigenvalue weighted by Crippen LogP contribution is 2.31. The molecule has 11 heteroatoms. The van der Waals surface area contributed by atoms with Crippen LogP contribution in [0.3, 0.4) is 0 Å². The summed E-state index contributed by atoms with van der Waals surface area (Å²) in [7, 11) is 0. The Labute approximate surface area is 164 Å². The highest BCUT2D eigenvalue weighted by molar-refractivity contribution is 6.45. The molecule has 1 N–H and O–H groups in total. The molecular weight excluding hydrogens is 387 g/mol. The van der Waals surface area contributed by atoms with Crippen molar-refractivity contribution in [3.63, 3.8) is 0 Å². The van der Waals surface area contributed by atoms with Gasteiger partial charge in [0.25, 0.3) is 5.69 Å². The van der Waals surface area contributed by atoms with Crippen LogP contribution in [-0.4, -0.2) is 51.1 Å². The van der Waals surface area contributed by atoms with Crippen LogP contribution >= 0.6 is 0 Å². The number of rotatable bonds is 5. The monoisotopic (exact) mass is 406 g/mol. The maximum absolute atomic E-state index is 13.8. The van der Waals surface area contributed by atoms with Gasteiger partial charge in [-0.2, -0.15) is 0 Å². The standard InChI is InChI=1S/C18H19FN4O6/c1-10-4-2-3-5-14(10)22-17(26)16(25)21(18(22)27)9-15(24)20-13-8-11(23(28)29)6-7-12(13)19/h6-8,10,14H,2-5,9H2,1H3,(H,20,24)/t10-,14-/m1/s1. The molecular formula is C18H19FN4O6. The van der Waals surface area contributed by atoms with Crippen molar-refractivity contribution < 1.29 is 28.5 Å². The van der Waals surface area contributed by atoms with Crippen LogP contribution in [0.15, 0.2) is 18.2 Å². The van der Waals surface area contributed by atoms with Gasteiger partial charge in [0.1, 0.15) is 12.4 Å². The van der Waals surface area contributed by atoms with Gasteiger partial charge >= 0.3 is 17.8 Å². The molecule has 1 heterocycles. The first-order chi connectivity index (χ1) is 13.7. The number of urea groups is 1. The summed E-state index contributed by atoms with van der Waals surface area (Å²) in [6.45, 7) is 1.10. The molecule has 1 aromatic carbocycles. The molecule has 0 unspecified atom stereocenters. The molecule has 2 aliphatic rings. The second kappa shape index (κ2) is 7.94. The Kier molecular flexibility index (Phi) is 5.57. The molecule has 29 heavy (non-hydrogen) atoms. The number of non-ortho nitro benzene ring substituents is 1. The summed E-state index contributed by atoms with van der Waals surface area (Å²) in [6.07, 6.45) is 3.21. The summed E-state index contributed by atoms with van der Waals surface area (Å²) in [5.74, 6) is -3.95. The number of nitrogens with zero attached hydrogens (tertiary/aromatic N) is 3. The van der Waals surface area contributed by atoms with Crippen LogP contribution in [0, 0.1) is 21.8 Å². The number of nitro groups is 1. The number of benzene rings is 1. The zero-order valence-corrected chi connectivity index (χ0v) is 15.6. The van der Waals surface area contributed by atoms with Gasteiger partial charge in [-0.15, -0.1) is 0 Å². The lowest BCUT2D eigenvalue weighted by molar-refractivity contribution is -0.384. The molecule has 3 rings (SSSR count). The van der Waals surface area contributed by atoms with E-state index in [0.717, 1.165) is 42.4 Å². The molecule has 0 aromatic heterocycles. The number of anilines is 1. The number of carbonyl (C=O) groups excluding carboxylic acids is 4. The van der Waals surface area contributed by atoms with Crippen LogP contribution in [0.1, 0.15) is 32.6 Å². The summed E-state index contributed by atoms with van der Waals surface area (Å²) in [4.78, 5) is 60.9. The lowest BCUT2D eigenvalue weighted by Crippen LogP contribution is -2.46. The number of carbonyl (C=O) groups is 4. The number of amides is 5. The first kappa shape index (κ1) is 20.4. The normalized spacial score (nSPS) is 22.2. The molecule has 0 radical (unpaired) electrons. The quantitative estimate of drug-likeness (QED) is 0.345. The van der Waals surface area contributed by atoms with E-state index in [0.29, 0.717) is 11.3 Å². The van der Waals surface area contributed by atoms with E-state index in [2.05, 4.69) is 5.32 Å². The predicted octanol–water partition coefficient (Wildman–Crippen LogP) is 2.04. The van der Waals surface area contributed by atoms with E-state index in [1.54, 1.807) is 0 Å². The minimum absolute atomic E-state index is 0.0391. The topological polar surface area (TPSA) is 130 Å². The van der Waals surface area contributed by atoms with Crippen molar-refractivity contribution in [1.82, 2.24) is 9.80 Å². The number of halogens is 1.